The number of nitrogens with one attached hydrogen (secondary N) is 1. The molecule has 2 heterocycles. The van der Waals surface area contributed by atoms with Gasteiger partial charge in [-0.2, -0.15) is 23.5 Å². The van der Waals surface area contributed by atoms with Crippen molar-refractivity contribution < 1.29 is 9.47 Å². The van der Waals surface area contributed by atoms with Gasteiger partial charge in [-0.25, -0.2) is 0 Å². The normalized spacial score (nSPS) is 21.3. The Morgan fingerprint density at radius 3 is 2.76 bits per heavy atom. The molecule has 3 nitrogen and oxygen atoms in total. The van der Waals surface area contributed by atoms with Gasteiger partial charge < -0.3 is 14.8 Å². The average molecular weight is 344 g/mol. The SMILES string of the molecule is CSc1cc2c(cc1CNCC1CSCCS1)OCCO2. The van der Waals surface area contributed by atoms with Crippen LogP contribution < -0.4 is 14.8 Å². The molecule has 0 aliphatic carbocycles. The van der Waals surface area contributed by atoms with Crippen LogP contribution in [0.15, 0.2) is 17.0 Å². The molecule has 1 aromatic rings. The molecule has 3 rings (SSSR count). The van der Waals surface area contributed by atoms with Crippen molar-refractivity contribution in [1.82, 2.24) is 5.32 Å². The fraction of sp³-hybridized carbons (Fsp3) is 0.600. The zero-order valence-electron chi connectivity index (χ0n) is 12.2. The van der Waals surface area contributed by atoms with Gasteiger partial charge in [-0.3, -0.25) is 0 Å². The van der Waals surface area contributed by atoms with Gasteiger partial charge in [0.2, 0.25) is 0 Å². The fourth-order valence-corrected chi connectivity index (χ4v) is 5.73. The zero-order chi connectivity index (χ0) is 14.5. The van der Waals surface area contributed by atoms with Gasteiger partial charge in [0, 0.05) is 40.5 Å². The van der Waals surface area contributed by atoms with Crippen molar-refractivity contribution >= 4 is 35.3 Å². The molecule has 21 heavy (non-hydrogen) atoms. The summed E-state index contributed by atoms with van der Waals surface area (Å²) < 4.78 is 11.3. The third kappa shape index (κ3) is 4.18. The Morgan fingerprint density at radius 2 is 2.05 bits per heavy atom. The molecule has 1 fully saturated rings. The van der Waals surface area contributed by atoms with E-state index in [4.69, 9.17) is 9.47 Å². The molecule has 1 aromatic carbocycles. The summed E-state index contributed by atoms with van der Waals surface area (Å²) >= 11 is 5.94. The molecule has 0 spiro atoms. The molecular weight excluding hydrogens is 322 g/mol. The first kappa shape index (κ1) is 15.7. The van der Waals surface area contributed by atoms with E-state index >= 15 is 0 Å². The van der Waals surface area contributed by atoms with E-state index in [0.29, 0.717) is 13.2 Å². The Bertz CT molecular complexity index is 478. The molecule has 116 valence electrons. The summed E-state index contributed by atoms with van der Waals surface area (Å²) in [5.41, 5.74) is 1.31. The molecule has 0 amide bonds. The Hall–Kier alpha value is -0.170. The van der Waals surface area contributed by atoms with Crippen LogP contribution in [0.25, 0.3) is 0 Å². The molecule has 0 radical (unpaired) electrons. The lowest BCUT2D eigenvalue weighted by molar-refractivity contribution is 0.171. The van der Waals surface area contributed by atoms with Crippen molar-refractivity contribution in [3.05, 3.63) is 17.7 Å². The van der Waals surface area contributed by atoms with Gasteiger partial charge >= 0.3 is 0 Å². The fourth-order valence-electron chi connectivity index (χ4n) is 2.46. The predicted octanol–water partition coefficient (Wildman–Crippen LogP) is 3.12. The maximum atomic E-state index is 5.69. The zero-order valence-corrected chi connectivity index (χ0v) is 14.7. The number of fused-ring (bicyclic) bond motifs is 1. The Labute approximate surface area is 139 Å². The molecule has 1 N–H and O–H groups in total. The van der Waals surface area contributed by atoms with Crippen LogP contribution in [0.4, 0.5) is 0 Å². The lowest BCUT2D eigenvalue weighted by Gasteiger charge is -2.23. The Morgan fingerprint density at radius 1 is 1.24 bits per heavy atom. The maximum Gasteiger partial charge on any atom is 0.162 e. The van der Waals surface area contributed by atoms with Gasteiger partial charge in [0.1, 0.15) is 13.2 Å². The number of rotatable bonds is 5. The van der Waals surface area contributed by atoms with Crippen LogP contribution >= 0.6 is 35.3 Å². The van der Waals surface area contributed by atoms with Crippen molar-refractivity contribution in [2.45, 2.75) is 16.7 Å². The third-order valence-electron chi connectivity index (χ3n) is 3.52. The van der Waals surface area contributed by atoms with Crippen molar-refractivity contribution in [2.24, 2.45) is 0 Å². The minimum absolute atomic E-state index is 0.647. The van der Waals surface area contributed by atoms with Crippen molar-refractivity contribution in [3.63, 3.8) is 0 Å². The van der Waals surface area contributed by atoms with E-state index in [1.807, 2.05) is 0 Å². The van der Waals surface area contributed by atoms with E-state index in [9.17, 15) is 0 Å². The predicted molar refractivity (Wildman–Crippen MR) is 94.5 cm³/mol. The summed E-state index contributed by atoms with van der Waals surface area (Å²) in [7, 11) is 0. The standard InChI is InChI=1S/C15H21NO2S3/c1-19-15-7-14-13(17-2-3-18-14)6-11(15)8-16-9-12-10-20-4-5-21-12/h6-7,12,16H,2-5,8-10H2,1H3. The molecule has 2 aliphatic heterocycles. The first-order valence-corrected chi connectivity index (χ1v) is 10.7. The first-order valence-electron chi connectivity index (χ1n) is 7.23. The van der Waals surface area contributed by atoms with Gasteiger partial charge in [-0.15, -0.1) is 11.8 Å². The topological polar surface area (TPSA) is 30.5 Å². The highest BCUT2D eigenvalue weighted by Gasteiger charge is 2.17. The smallest absolute Gasteiger partial charge is 0.162 e. The Kier molecular flexibility index (Phi) is 5.91. The summed E-state index contributed by atoms with van der Waals surface area (Å²) in [4.78, 5) is 1.28. The highest BCUT2D eigenvalue weighted by molar-refractivity contribution is 8.06. The van der Waals surface area contributed by atoms with Crippen molar-refractivity contribution in [1.29, 1.82) is 0 Å². The summed E-state index contributed by atoms with van der Waals surface area (Å²) in [5.74, 6) is 5.64. The molecular formula is C15H21NO2S3. The Balaban J connectivity index is 1.61. The molecule has 2 aliphatic rings. The van der Waals surface area contributed by atoms with E-state index < -0.39 is 0 Å². The molecule has 1 unspecified atom stereocenters. The van der Waals surface area contributed by atoms with E-state index in [-0.39, 0.29) is 0 Å². The molecule has 0 bridgehead atoms. The van der Waals surface area contributed by atoms with Crippen LogP contribution in [0.1, 0.15) is 5.56 Å². The first-order chi connectivity index (χ1) is 10.4. The quantitative estimate of drug-likeness (QED) is 0.827. The monoisotopic (exact) mass is 343 g/mol. The van der Waals surface area contributed by atoms with Gasteiger partial charge in [-0.05, 0) is 24.0 Å². The van der Waals surface area contributed by atoms with Crippen LogP contribution in [0.2, 0.25) is 0 Å². The summed E-state index contributed by atoms with van der Waals surface area (Å²) in [6, 6.07) is 4.25. The highest BCUT2D eigenvalue weighted by atomic mass is 32.2. The highest BCUT2D eigenvalue weighted by Crippen LogP contribution is 2.36. The second-order valence-corrected chi connectivity index (χ2v) is 8.41. The van der Waals surface area contributed by atoms with Crippen molar-refractivity contribution in [3.8, 4) is 11.5 Å². The van der Waals surface area contributed by atoms with Crippen LogP contribution in [0.3, 0.4) is 0 Å². The van der Waals surface area contributed by atoms with E-state index in [1.54, 1.807) is 11.8 Å². The summed E-state index contributed by atoms with van der Waals surface area (Å²) in [6.45, 7) is 3.28. The molecule has 1 saturated heterocycles. The second-order valence-electron chi connectivity index (χ2n) is 5.01. The number of ether oxygens (including phenoxy) is 2. The van der Waals surface area contributed by atoms with E-state index in [1.165, 1.54) is 27.7 Å². The van der Waals surface area contributed by atoms with E-state index in [0.717, 1.165) is 29.8 Å². The number of hydrogen-bond donors (Lipinski definition) is 1. The van der Waals surface area contributed by atoms with E-state index in [2.05, 4.69) is 47.2 Å². The minimum Gasteiger partial charge on any atom is -0.486 e. The lowest BCUT2D eigenvalue weighted by atomic mass is 10.2. The molecule has 1 atom stereocenters. The van der Waals surface area contributed by atoms with Crippen LogP contribution in [-0.4, -0.2) is 48.5 Å². The molecule has 6 heteroatoms. The largest absolute Gasteiger partial charge is 0.486 e. The van der Waals surface area contributed by atoms with Crippen molar-refractivity contribution in [2.75, 3.05) is 43.3 Å². The van der Waals surface area contributed by atoms with Gasteiger partial charge in [-0.1, -0.05) is 0 Å². The molecule has 0 saturated carbocycles. The van der Waals surface area contributed by atoms with Crippen LogP contribution in [0.5, 0.6) is 11.5 Å². The second kappa shape index (κ2) is 7.90. The summed E-state index contributed by atoms with van der Waals surface area (Å²) in [5, 5.41) is 4.36. The molecule has 0 aromatic heterocycles. The van der Waals surface area contributed by atoms with Crippen LogP contribution in [-0.2, 0) is 6.54 Å². The summed E-state index contributed by atoms with van der Waals surface area (Å²) in [6.07, 6.45) is 2.11. The van der Waals surface area contributed by atoms with Gasteiger partial charge in [0.25, 0.3) is 0 Å². The lowest BCUT2D eigenvalue weighted by Crippen LogP contribution is -2.28. The average Bonchev–Trinajstić information content (AvgIpc) is 2.55. The minimum atomic E-state index is 0.647. The number of benzene rings is 1. The number of thioether (sulfide) groups is 3. The van der Waals surface area contributed by atoms with Crippen LogP contribution in [0, 0.1) is 0 Å². The maximum absolute atomic E-state index is 5.69. The third-order valence-corrected chi connectivity index (χ3v) is 7.18. The van der Waals surface area contributed by atoms with Gasteiger partial charge in [0.05, 0.1) is 0 Å². The van der Waals surface area contributed by atoms with Gasteiger partial charge in [0.15, 0.2) is 11.5 Å². The number of hydrogen-bond acceptors (Lipinski definition) is 6.